The molecule has 0 unspecified atom stereocenters. The van der Waals surface area contributed by atoms with Crippen molar-refractivity contribution < 1.29 is 4.79 Å². The Morgan fingerprint density at radius 2 is 1.83 bits per heavy atom. The van der Waals surface area contributed by atoms with Crippen LogP contribution in [0.15, 0.2) is 30.3 Å². The largest absolute Gasteiger partial charge is 0.340 e. The molecule has 2 heterocycles. The highest BCUT2D eigenvalue weighted by molar-refractivity contribution is 5.73. The summed E-state index contributed by atoms with van der Waals surface area (Å²) in [6.45, 7) is 8.60. The molecule has 126 valence electrons. The maximum atomic E-state index is 11.4. The second-order valence-corrected chi connectivity index (χ2v) is 6.18. The van der Waals surface area contributed by atoms with Crippen LogP contribution in [0.4, 0.5) is 17.5 Å². The Balaban J connectivity index is 1.76. The second-order valence-electron chi connectivity index (χ2n) is 6.18. The van der Waals surface area contributed by atoms with Gasteiger partial charge in [-0.15, -0.1) is 0 Å². The highest BCUT2D eigenvalue weighted by Crippen LogP contribution is 2.20. The first kappa shape index (κ1) is 16.2. The van der Waals surface area contributed by atoms with Crippen molar-refractivity contribution in [1.29, 1.82) is 0 Å². The molecule has 0 atom stereocenters. The van der Waals surface area contributed by atoms with Crippen LogP contribution in [0.5, 0.6) is 0 Å². The molecule has 0 bridgehead atoms. The van der Waals surface area contributed by atoms with Crippen LogP contribution >= 0.6 is 0 Å². The number of rotatable bonds is 3. The Morgan fingerprint density at radius 3 is 2.50 bits per heavy atom. The van der Waals surface area contributed by atoms with Crippen LogP contribution in [0.2, 0.25) is 0 Å². The van der Waals surface area contributed by atoms with E-state index in [9.17, 15) is 4.79 Å². The highest BCUT2D eigenvalue weighted by atomic mass is 16.2. The fourth-order valence-corrected chi connectivity index (χ4v) is 2.85. The quantitative estimate of drug-likeness (QED) is 0.939. The number of aromatic nitrogens is 2. The fourth-order valence-electron chi connectivity index (χ4n) is 2.85. The van der Waals surface area contributed by atoms with Crippen molar-refractivity contribution in [3.8, 4) is 0 Å². The summed E-state index contributed by atoms with van der Waals surface area (Å²) in [6.07, 6.45) is 0. The molecular formula is C18H23N5O. The zero-order chi connectivity index (χ0) is 17.1. The number of anilines is 3. The molecule has 0 aliphatic carbocycles. The van der Waals surface area contributed by atoms with Gasteiger partial charge in [0.1, 0.15) is 5.82 Å². The van der Waals surface area contributed by atoms with Crippen molar-refractivity contribution in [3.05, 3.63) is 41.6 Å². The van der Waals surface area contributed by atoms with Crippen molar-refractivity contribution in [2.24, 2.45) is 0 Å². The Bertz CT molecular complexity index is 738. The minimum Gasteiger partial charge on any atom is -0.340 e. The summed E-state index contributed by atoms with van der Waals surface area (Å²) in [7, 11) is 0. The molecule has 0 spiro atoms. The molecule has 1 aliphatic rings. The van der Waals surface area contributed by atoms with Gasteiger partial charge in [-0.2, -0.15) is 4.98 Å². The molecule has 1 aliphatic heterocycles. The molecule has 1 N–H and O–H groups in total. The number of piperazine rings is 1. The summed E-state index contributed by atoms with van der Waals surface area (Å²) < 4.78 is 0. The Kier molecular flexibility index (Phi) is 4.64. The molecule has 1 saturated heterocycles. The number of carbonyl (C=O) groups is 1. The van der Waals surface area contributed by atoms with Gasteiger partial charge in [0.15, 0.2) is 0 Å². The van der Waals surface area contributed by atoms with Gasteiger partial charge in [-0.3, -0.25) is 4.79 Å². The Morgan fingerprint density at radius 1 is 1.08 bits per heavy atom. The number of nitrogens with one attached hydrogen (secondary N) is 1. The minimum atomic E-state index is 0.126. The summed E-state index contributed by atoms with van der Waals surface area (Å²) >= 11 is 0. The lowest BCUT2D eigenvalue weighted by Crippen LogP contribution is -2.48. The Hall–Kier alpha value is -2.63. The van der Waals surface area contributed by atoms with Gasteiger partial charge in [0.2, 0.25) is 11.9 Å². The van der Waals surface area contributed by atoms with Crippen molar-refractivity contribution in [1.82, 2.24) is 14.9 Å². The topological polar surface area (TPSA) is 61.4 Å². The first-order valence-corrected chi connectivity index (χ1v) is 8.21. The number of hydrogen-bond donors (Lipinski definition) is 1. The van der Waals surface area contributed by atoms with E-state index in [4.69, 9.17) is 0 Å². The zero-order valence-corrected chi connectivity index (χ0v) is 14.4. The summed E-state index contributed by atoms with van der Waals surface area (Å²) in [5.74, 6) is 1.63. The zero-order valence-electron chi connectivity index (χ0n) is 14.4. The smallest absolute Gasteiger partial charge is 0.227 e. The SMILES string of the molecule is CC(=O)N1CCN(c2nc(C)cc(Nc3cccc(C)c3)n2)CC1. The van der Waals surface area contributed by atoms with E-state index < -0.39 is 0 Å². The van der Waals surface area contributed by atoms with Crippen LogP contribution in [-0.4, -0.2) is 47.0 Å². The maximum Gasteiger partial charge on any atom is 0.227 e. The monoisotopic (exact) mass is 325 g/mol. The molecule has 1 fully saturated rings. The van der Waals surface area contributed by atoms with Gasteiger partial charge >= 0.3 is 0 Å². The third-order valence-corrected chi connectivity index (χ3v) is 4.14. The lowest BCUT2D eigenvalue weighted by atomic mass is 10.2. The van der Waals surface area contributed by atoms with Gasteiger partial charge in [-0.25, -0.2) is 4.98 Å². The molecule has 1 amide bonds. The van der Waals surface area contributed by atoms with Crippen LogP contribution in [0, 0.1) is 13.8 Å². The normalized spacial score (nSPS) is 14.6. The summed E-state index contributed by atoms with van der Waals surface area (Å²) in [5, 5.41) is 3.35. The van der Waals surface area contributed by atoms with Gasteiger partial charge in [0.25, 0.3) is 0 Å². The molecule has 6 nitrogen and oxygen atoms in total. The van der Waals surface area contributed by atoms with E-state index in [1.54, 1.807) is 6.92 Å². The predicted molar refractivity (Wildman–Crippen MR) is 95.7 cm³/mol. The first-order chi connectivity index (χ1) is 11.5. The lowest BCUT2D eigenvalue weighted by molar-refractivity contribution is -0.129. The van der Waals surface area contributed by atoms with Gasteiger partial charge in [0, 0.05) is 50.6 Å². The molecule has 0 radical (unpaired) electrons. The van der Waals surface area contributed by atoms with Crippen LogP contribution in [-0.2, 0) is 4.79 Å². The summed E-state index contributed by atoms with van der Waals surface area (Å²) in [6, 6.07) is 10.1. The average Bonchev–Trinajstić information content (AvgIpc) is 2.54. The highest BCUT2D eigenvalue weighted by Gasteiger charge is 2.21. The van der Waals surface area contributed by atoms with E-state index in [1.165, 1.54) is 5.56 Å². The number of aryl methyl sites for hydroxylation is 2. The molecule has 3 rings (SSSR count). The Labute approximate surface area is 142 Å². The van der Waals surface area contributed by atoms with E-state index in [0.717, 1.165) is 30.3 Å². The van der Waals surface area contributed by atoms with E-state index in [0.29, 0.717) is 19.0 Å². The molecule has 24 heavy (non-hydrogen) atoms. The fraction of sp³-hybridized carbons (Fsp3) is 0.389. The lowest BCUT2D eigenvalue weighted by Gasteiger charge is -2.34. The van der Waals surface area contributed by atoms with Gasteiger partial charge in [0.05, 0.1) is 0 Å². The van der Waals surface area contributed by atoms with Gasteiger partial charge in [-0.05, 0) is 31.5 Å². The number of benzene rings is 1. The average molecular weight is 325 g/mol. The first-order valence-electron chi connectivity index (χ1n) is 8.21. The van der Waals surface area contributed by atoms with Crippen LogP contribution in [0.3, 0.4) is 0 Å². The molecule has 2 aromatic rings. The van der Waals surface area contributed by atoms with Crippen molar-refractivity contribution in [2.45, 2.75) is 20.8 Å². The number of hydrogen-bond acceptors (Lipinski definition) is 5. The van der Waals surface area contributed by atoms with Gasteiger partial charge in [-0.1, -0.05) is 12.1 Å². The van der Waals surface area contributed by atoms with E-state index in [1.807, 2.05) is 30.0 Å². The number of amides is 1. The maximum absolute atomic E-state index is 11.4. The van der Waals surface area contributed by atoms with Crippen LogP contribution < -0.4 is 10.2 Å². The molecule has 0 saturated carbocycles. The minimum absolute atomic E-state index is 0.126. The van der Waals surface area contributed by atoms with Crippen molar-refractivity contribution in [3.63, 3.8) is 0 Å². The molecule has 1 aromatic heterocycles. The third kappa shape index (κ3) is 3.82. The summed E-state index contributed by atoms with van der Waals surface area (Å²) in [4.78, 5) is 24.6. The standard InChI is InChI=1S/C18H23N5O/c1-13-5-4-6-16(11-13)20-17-12-14(2)19-18(21-17)23-9-7-22(8-10-23)15(3)24/h4-6,11-12H,7-10H2,1-3H3,(H,19,20,21). The van der Waals surface area contributed by atoms with Crippen molar-refractivity contribution >= 4 is 23.4 Å². The predicted octanol–water partition coefficient (Wildman–Crippen LogP) is 2.51. The number of carbonyl (C=O) groups excluding carboxylic acids is 1. The van der Waals surface area contributed by atoms with E-state index in [-0.39, 0.29) is 5.91 Å². The molecule has 6 heteroatoms. The number of nitrogens with zero attached hydrogens (tertiary/aromatic N) is 4. The second kappa shape index (κ2) is 6.86. The van der Waals surface area contributed by atoms with E-state index in [2.05, 4.69) is 39.2 Å². The summed E-state index contributed by atoms with van der Waals surface area (Å²) in [5.41, 5.74) is 3.14. The molecular weight excluding hydrogens is 302 g/mol. The van der Waals surface area contributed by atoms with Crippen LogP contribution in [0.1, 0.15) is 18.2 Å². The third-order valence-electron chi connectivity index (χ3n) is 4.14. The van der Waals surface area contributed by atoms with E-state index >= 15 is 0 Å². The van der Waals surface area contributed by atoms with Gasteiger partial charge < -0.3 is 15.1 Å². The van der Waals surface area contributed by atoms with Crippen molar-refractivity contribution in [2.75, 3.05) is 36.4 Å². The molecule has 1 aromatic carbocycles. The van der Waals surface area contributed by atoms with Crippen LogP contribution in [0.25, 0.3) is 0 Å².